The van der Waals surface area contributed by atoms with E-state index < -0.39 is 17.5 Å². The van der Waals surface area contributed by atoms with Crippen molar-refractivity contribution < 1.29 is 13.2 Å². The molecular formula is C30H27F3. The number of halogens is 3. The minimum atomic E-state index is -0.703. The zero-order valence-electron chi connectivity index (χ0n) is 19.1. The maximum absolute atomic E-state index is 14.5. The molecule has 3 rings (SSSR count). The van der Waals surface area contributed by atoms with Gasteiger partial charge in [0.15, 0.2) is 0 Å². The zero-order valence-corrected chi connectivity index (χ0v) is 19.1. The number of unbranched alkanes of at least 4 members (excludes halogenated alkanes) is 2. The van der Waals surface area contributed by atoms with Crippen molar-refractivity contribution in [3.05, 3.63) is 105 Å². The van der Waals surface area contributed by atoms with Gasteiger partial charge in [-0.05, 0) is 72.9 Å². The molecule has 0 aliphatic heterocycles. The molecule has 0 unspecified atom stereocenters. The lowest BCUT2D eigenvalue weighted by Crippen LogP contribution is -1.95. The van der Waals surface area contributed by atoms with Crippen LogP contribution in [0.3, 0.4) is 0 Å². The summed E-state index contributed by atoms with van der Waals surface area (Å²) in [5, 5.41) is 0. The van der Waals surface area contributed by atoms with E-state index >= 15 is 0 Å². The summed E-state index contributed by atoms with van der Waals surface area (Å²) in [6, 6.07) is 15.0. The highest BCUT2D eigenvalue weighted by atomic mass is 19.1. The first-order valence-corrected chi connectivity index (χ1v) is 11.4. The third-order valence-corrected chi connectivity index (χ3v) is 5.31. The molecule has 0 fully saturated rings. The van der Waals surface area contributed by atoms with E-state index in [1.165, 1.54) is 49.1 Å². The van der Waals surface area contributed by atoms with Crippen molar-refractivity contribution in [2.24, 2.45) is 0 Å². The average Bonchev–Trinajstić information content (AvgIpc) is 2.79. The molecule has 0 atom stereocenters. The van der Waals surface area contributed by atoms with Gasteiger partial charge in [-0.3, -0.25) is 0 Å². The van der Waals surface area contributed by atoms with E-state index in [1.807, 2.05) is 19.1 Å². The molecule has 168 valence electrons. The molecule has 33 heavy (non-hydrogen) atoms. The third-order valence-electron chi connectivity index (χ3n) is 5.31. The summed E-state index contributed by atoms with van der Waals surface area (Å²) >= 11 is 0. The third kappa shape index (κ3) is 7.03. The van der Waals surface area contributed by atoms with Gasteiger partial charge in [0.2, 0.25) is 0 Å². The van der Waals surface area contributed by atoms with Crippen molar-refractivity contribution in [1.29, 1.82) is 0 Å². The molecule has 0 N–H and O–H groups in total. The molecule has 3 aromatic rings. The van der Waals surface area contributed by atoms with E-state index in [4.69, 9.17) is 0 Å². The van der Waals surface area contributed by atoms with Crippen LogP contribution < -0.4 is 0 Å². The van der Waals surface area contributed by atoms with Gasteiger partial charge < -0.3 is 0 Å². The monoisotopic (exact) mass is 444 g/mol. The number of hydrogen-bond acceptors (Lipinski definition) is 0. The first-order valence-electron chi connectivity index (χ1n) is 11.4. The van der Waals surface area contributed by atoms with E-state index in [2.05, 4.69) is 42.7 Å². The molecule has 0 aromatic heterocycles. The van der Waals surface area contributed by atoms with Gasteiger partial charge in [0.1, 0.15) is 17.5 Å². The van der Waals surface area contributed by atoms with E-state index in [9.17, 15) is 13.2 Å². The predicted molar refractivity (Wildman–Crippen MR) is 128 cm³/mol. The van der Waals surface area contributed by atoms with Crippen molar-refractivity contribution in [3.8, 4) is 23.7 Å². The molecule has 0 heterocycles. The summed E-state index contributed by atoms with van der Waals surface area (Å²) in [5.74, 6) is 9.03. The van der Waals surface area contributed by atoms with Gasteiger partial charge >= 0.3 is 0 Å². The number of aryl methyl sites for hydroxylation is 2. The minimum absolute atomic E-state index is 0.244. The summed E-state index contributed by atoms with van der Waals surface area (Å²) in [6.07, 6.45) is 6.03. The van der Waals surface area contributed by atoms with Gasteiger partial charge in [0.05, 0.1) is 11.1 Å². The standard InChI is InChI=1S/C30H27F3/c1-3-5-6-8-22-9-11-23(12-10-22)13-16-26-17-14-24(19-28(26)31)15-18-27-29(32)20-25(7-4-2)21-30(27)33/h9-12,14,17,19-21H,3-8H2,1-2H3. The lowest BCUT2D eigenvalue weighted by Gasteiger charge is -2.02. The van der Waals surface area contributed by atoms with E-state index in [0.717, 1.165) is 18.4 Å². The zero-order chi connectivity index (χ0) is 23.6. The Bertz CT molecular complexity index is 1190. The second-order valence-corrected chi connectivity index (χ2v) is 8.03. The van der Waals surface area contributed by atoms with Crippen molar-refractivity contribution in [1.82, 2.24) is 0 Å². The molecule has 3 aromatic carbocycles. The van der Waals surface area contributed by atoms with Gasteiger partial charge in [-0.15, -0.1) is 0 Å². The van der Waals surface area contributed by atoms with Crippen LogP contribution in [0.25, 0.3) is 0 Å². The maximum atomic E-state index is 14.5. The van der Waals surface area contributed by atoms with Crippen LogP contribution >= 0.6 is 0 Å². The lowest BCUT2D eigenvalue weighted by atomic mass is 10.0. The van der Waals surface area contributed by atoms with E-state index in [0.29, 0.717) is 17.5 Å². The van der Waals surface area contributed by atoms with E-state index in [-0.39, 0.29) is 11.1 Å². The first kappa shape index (κ1) is 24.2. The smallest absolute Gasteiger partial charge is 0.142 e. The molecule has 0 aliphatic carbocycles. The van der Waals surface area contributed by atoms with Crippen LogP contribution in [-0.2, 0) is 12.8 Å². The molecule has 0 spiro atoms. The fraction of sp³-hybridized carbons (Fsp3) is 0.267. The van der Waals surface area contributed by atoms with E-state index in [1.54, 1.807) is 6.07 Å². The molecule has 0 radical (unpaired) electrons. The Morgan fingerprint density at radius 2 is 1.24 bits per heavy atom. The predicted octanol–water partition coefficient (Wildman–Crippen LogP) is 7.59. The first-order chi connectivity index (χ1) is 16.0. The fourth-order valence-electron chi connectivity index (χ4n) is 3.48. The molecule has 3 heteroatoms. The number of rotatable bonds is 6. The highest BCUT2D eigenvalue weighted by Gasteiger charge is 2.09. The van der Waals surface area contributed by atoms with Crippen LogP contribution in [0.1, 0.15) is 72.9 Å². The normalized spacial score (nSPS) is 10.2. The quantitative estimate of drug-likeness (QED) is 0.271. The van der Waals surface area contributed by atoms with Crippen LogP contribution in [0.4, 0.5) is 13.2 Å². The lowest BCUT2D eigenvalue weighted by molar-refractivity contribution is 0.573. The SMILES string of the molecule is CCCCCc1ccc(C#Cc2ccc(C#Cc3c(F)cc(CCC)cc3F)cc2F)cc1. The van der Waals surface area contributed by atoms with Crippen molar-refractivity contribution in [2.75, 3.05) is 0 Å². The molecule has 0 saturated heterocycles. The van der Waals surface area contributed by atoms with Crippen LogP contribution in [0.5, 0.6) is 0 Å². The van der Waals surface area contributed by atoms with Gasteiger partial charge in [-0.2, -0.15) is 0 Å². The Morgan fingerprint density at radius 3 is 1.88 bits per heavy atom. The Hall–Kier alpha value is -3.43. The average molecular weight is 445 g/mol. The second-order valence-electron chi connectivity index (χ2n) is 8.03. The molecule has 0 aliphatic rings. The molecular weight excluding hydrogens is 417 g/mol. The topological polar surface area (TPSA) is 0 Å². The van der Waals surface area contributed by atoms with Gasteiger partial charge in [0, 0.05) is 11.1 Å². The Balaban J connectivity index is 1.72. The largest absolute Gasteiger partial charge is 0.206 e. The Labute approximate surface area is 194 Å². The molecule has 0 bridgehead atoms. The minimum Gasteiger partial charge on any atom is -0.206 e. The number of hydrogen-bond donors (Lipinski definition) is 0. The summed E-state index contributed by atoms with van der Waals surface area (Å²) < 4.78 is 42.9. The fourth-order valence-corrected chi connectivity index (χ4v) is 3.48. The summed E-state index contributed by atoms with van der Waals surface area (Å²) in [7, 11) is 0. The summed E-state index contributed by atoms with van der Waals surface area (Å²) in [5.41, 5.74) is 2.95. The van der Waals surface area contributed by atoms with Gasteiger partial charge in [-0.1, -0.05) is 68.9 Å². The van der Waals surface area contributed by atoms with Crippen molar-refractivity contribution in [3.63, 3.8) is 0 Å². The molecule has 0 saturated carbocycles. The van der Waals surface area contributed by atoms with Crippen LogP contribution in [-0.4, -0.2) is 0 Å². The van der Waals surface area contributed by atoms with Crippen LogP contribution in [0.2, 0.25) is 0 Å². The Kier molecular flexibility index (Phi) is 8.79. The van der Waals surface area contributed by atoms with Crippen molar-refractivity contribution in [2.45, 2.75) is 52.4 Å². The second kappa shape index (κ2) is 12.0. The summed E-state index contributed by atoms with van der Waals surface area (Å²) in [6.45, 7) is 4.12. The van der Waals surface area contributed by atoms with Gasteiger partial charge in [0.25, 0.3) is 0 Å². The van der Waals surface area contributed by atoms with Gasteiger partial charge in [-0.25, -0.2) is 13.2 Å². The molecule has 0 amide bonds. The van der Waals surface area contributed by atoms with Crippen LogP contribution in [0, 0.1) is 41.1 Å². The Morgan fingerprint density at radius 1 is 0.576 bits per heavy atom. The highest BCUT2D eigenvalue weighted by molar-refractivity contribution is 5.49. The number of benzene rings is 3. The summed E-state index contributed by atoms with van der Waals surface area (Å²) in [4.78, 5) is 0. The highest BCUT2D eigenvalue weighted by Crippen LogP contribution is 2.17. The maximum Gasteiger partial charge on any atom is 0.142 e. The van der Waals surface area contributed by atoms with Crippen LogP contribution in [0.15, 0.2) is 54.6 Å². The van der Waals surface area contributed by atoms with Crippen molar-refractivity contribution >= 4 is 0 Å². The molecule has 0 nitrogen and oxygen atoms in total.